The standard InChI is InChI=1S/C17H12BrCl2FN2O2S/c18-6-3-7-26-15-12(19)8-10(9-13(15)20)22-17(25)23-16(24)11-4-1-2-5-14(11)21/h1-6,8-9H,7H2,(H2,22,23,24,25). The first-order valence-corrected chi connectivity index (χ1v) is 9.82. The maximum atomic E-state index is 13.6. The number of thioether (sulfide) groups is 1. The number of hydrogen-bond acceptors (Lipinski definition) is 3. The fourth-order valence-electron chi connectivity index (χ4n) is 1.92. The monoisotopic (exact) mass is 476 g/mol. The number of halogens is 4. The van der Waals surface area contributed by atoms with Gasteiger partial charge in [-0.15, -0.1) is 11.8 Å². The minimum atomic E-state index is -0.855. The van der Waals surface area contributed by atoms with Crippen LogP contribution in [-0.4, -0.2) is 17.7 Å². The van der Waals surface area contributed by atoms with Crippen LogP contribution in [0.3, 0.4) is 0 Å². The summed E-state index contributed by atoms with van der Waals surface area (Å²) in [5, 5.41) is 5.22. The summed E-state index contributed by atoms with van der Waals surface area (Å²) in [5.74, 6) is -0.913. The molecule has 0 aliphatic rings. The Balaban J connectivity index is 2.05. The molecule has 2 N–H and O–H groups in total. The van der Waals surface area contributed by atoms with Gasteiger partial charge in [-0.1, -0.05) is 57.3 Å². The third-order valence-corrected chi connectivity index (χ3v) is 5.30. The number of urea groups is 1. The Labute approximate surface area is 172 Å². The maximum Gasteiger partial charge on any atom is 0.326 e. The van der Waals surface area contributed by atoms with E-state index in [0.29, 0.717) is 26.4 Å². The molecule has 0 bridgehead atoms. The molecule has 0 atom stereocenters. The lowest BCUT2D eigenvalue weighted by Crippen LogP contribution is -2.34. The highest BCUT2D eigenvalue weighted by Crippen LogP contribution is 2.36. The van der Waals surface area contributed by atoms with Crippen molar-refractivity contribution in [1.29, 1.82) is 0 Å². The molecule has 0 unspecified atom stereocenters. The summed E-state index contributed by atoms with van der Waals surface area (Å²) in [6.45, 7) is 0. The van der Waals surface area contributed by atoms with E-state index in [2.05, 4.69) is 21.2 Å². The van der Waals surface area contributed by atoms with Crippen molar-refractivity contribution in [3.8, 4) is 0 Å². The van der Waals surface area contributed by atoms with Crippen molar-refractivity contribution < 1.29 is 14.0 Å². The Hall–Kier alpha value is -1.54. The van der Waals surface area contributed by atoms with Crippen LogP contribution in [0, 0.1) is 5.82 Å². The molecular weight excluding hydrogens is 466 g/mol. The Kier molecular flexibility index (Phi) is 7.96. The van der Waals surface area contributed by atoms with E-state index >= 15 is 0 Å². The number of amides is 3. The first-order chi connectivity index (χ1) is 12.4. The van der Waals surface area contributed by atoms with Crippen LogP contribution in [0.2, 0.25) is 10.0 Å². The highest BCUT2D eigenvalue weighted by molar-refractivity contribution is 9.11. The van der Waals surface area contributed by atoms with Crippen molar-refractivity contribution in [2.45, 2.75) is 4.90 Å². The van der Waals surface area contributed by atoms with E-state index in [1.54, 1.807) is 4.99 Å². The van der Waals surface area contributed by atoms with Gasteiger partial charge in [-0.2, -0.15) is 0 Å². The third kappa shape index (κ3) is 5.74. The second-order valence-corrected chi connectivity index (χ2v) is 7.20. The number of rotatable bonds is 5. The number of carbonyl (C=O) groups excluding carboxylic acids is 2. The molecular formula is C17H12BrCl2FN2O2S. The van der Waals surface area contributed by atoms with Crippen molar-refractivity contribution in [2.24, 2.45) is 0 Å². The second-order valence-electron chi connectivity index (χ2n) is 4.83. The number of hydrogen-bond donors (Lipinski definition) is 2. The molecule has 0 aliphatic heterocycles. The fraction of sp³-hybridized carbons (Fsp3) is 0.0588. The summed E-state index contributed by atoms with van der Waals surface area (Å²) in [6.07, 6.45) is 1.88. The van der Waals surface area contributed by atoms with Gasteiger partial charge in [-0.3, -0.25) is 10.1 Å². The topological polar surface area (TPSA) is 58.2 Å². The summed E-state index contributed by atoms with van der Waals surface area (Å²) in [7, 11) is 0. The molecule has 2 aromatic rings. The van der Waals surface area contributed by atoms with Crippen LogP contribution in [0.25, 0.3) is 0 Å². The summed E-state index contributed by atoms with van der Waals surface area (Å²) < 4.78 is 13.6. The first-order valence-electron chi connectivity index (χ1n) is 7.16. The summed E-state index contributed by atoms with van der Waals surface area (Å²) >= 11 is 17.0. The first kappa shape index (κ1) is 20.8. The molecule has 26 heavy (non-hydrogen) atoms. The van der Waals surface area contributed by atoms with E-state index in [9.17, 15) is 14.0 Å². The van der Waals surface area contributed by atoms with Crippen LogP contribution < -0.4 is 10.6 Å². The summed E-state index contributed by atoms with van der Waals surface area (Å²) in [5.41, 5.74) is 0.0736. The minimum absolute atomic E-state index is 0.231. The molecule has 3 amide bonds. The molecule has 0 saturated carbocycles. The van der Waals surface area contributed by atoms with E-state index in [4.69, 9.17) is 23.2 Å². The molecule has 136 valence electrons. The second kappa shape index (κ2) is 9.97. The molecule has 0 fully saturated rings. The zero-order valence-electron chi connectivity index (χ0n) is 13.1. The Bertz CT molecular complexity index is 841. The van der Waals surface area contributed by atoms with Gasteiger partial charge in [-0.05, 0) is 29.3 Å². The van der Waals surface area contributed by atoms with Crippen LogP contribution >= 0.6 is 50.9 Å². The molecule has 2 rings (SSSR count). The summed E-state index contributed by atoms with van der Waals surface area (Å²) in [4.78, 5) is 26.3. The van der Waals surface area contributed by atoms with E-state index < -0.39 is 17.8 Å². The van der Waals surface area contributed by atoms with Crippen LogP contribution in [0.15, 0.2) is 52.4 Å². The van der Waals surface area contributed by atoms with Gasteiger partial charge in [0.2, 0.25) is 0 Å². The Morgan fingerprint density at radius 3 is 2.46 bits per heavy atom. The van der Waals surface area contributed by atoms with E-state index in [0.717, 1.165) is 6.07 Å². The zero-order chi connectivity index (χ0) is 19.1. The van der Waals surface area contributed by atoms with Crippen LogP contribution in [-0.2, 0) is 0 Å². The SMILES string of the molecule is O=C(NC(=O)c1ccccc1F)Nc1cc(Cl)c(SCC=CBr)c(Cl)c1. The van der Waals surface area contributed by atoms with Gasteiger partial charge in [0.05, 0.1) is 15.6 Å². The van der Waals surface area contributed by atoms with Gasteiger partial charge < -0.3 is 5.32 Å². The van der Waals surface area contributed by atoms with E-state index in [-0.39, 0.29) is 5.56 Å². The van der Waals surface area contributed by atoms with Gasteiger partial charge in [0, 0.05) is 16.3 Å². The molecule has 4 nitrogen and oxygen atoms in total. The highest BCUT2D eigenvalue weighted by atomic mass is 79.9. The Morgan fingerprint density at radius 1 is 1.19 bits per heavy atom. The molecule has 0 heterocycles. The van der Waals surface area contributed by atoms with Crippen LogP contribution in [0.4, 0.5) is 14.9 Å². The molecule has 0 saturated heterocycles. The van der Waals surface area contributed by atoms with Crippen LogP contribution in [0.5, 0.6) is 0 Å². The predicted octanol–water partition coefficient (Wildman–Crippen LogP) is 6.10. The van der Waals surface area contributed by atoms with Gasteiger partial charge in [0.15, 0.2) is 0 Å². The Morgan fingerprint density at radius 2 is 1.85 bits per heavy atom. The molecule has 9 heteroatoms. The molecule has 0 aliphatic carbocycles. The number of anilines is 1. The quantitative estimate of drug-likeness (QED) is 0.512. The average molecular weight is 478 g/mol. The molecule has 0 spiro atoms. The fourth-order valence-corrected chi connectivity index (χ4v) is 3.92. The van der Waals surface area contributed by atoms with Crippen molar-refractivity contribution in [1.82, 2.24) is 5.32 Å². The van der Waals surface area contributed by atoms with Crippen LogP contribution in [0.1, 0.15) is 10.4 Å². The lowest BCUT2D eigenvalue weighted by molar-refractivity contribution is 0.0963. The van der Waals surface area contributed by atoms with Gasteiger partial charge in [-0.25, -0.2) is 9.18 Å². The molecule has 2 aromatic carbocycles. The highest BCUT2D eigenvalue weighted by Gasteiger charge is 2.15. The zero-order valence-corrected chi connectivity index (χ0v) is 17.0. The van der Waals surface area contributed by atoms with Gasteiger partial charge >= 0.3 is 6.03 Å². The molecule has 0 aromatic heterocycles. The molecule has 0 radical (unpaired) electrons. The minimum Gasteiger partial charge on any atom is -0.308 e. The lowest BCUT2D eigenvalue weighted by atomic mass is 10.2. The van der Waals surface area contributed by atoms with Crippen molar-refractivity contribution >= 4 is 68.5 Å². The number of carbonyl (C=O) groups is 2. The van der Waals surface area contributed by atoms with E-state index in [1.165, 1.54) is 42.1 Å². The summed E-state index contributed by atoms with van der Waals surface area (Å²) in [6, 6.07) is 7.56. The predicted molar refractivity (Wildman–Crippen MR) is 108 cm³/mol. The van der Waals surface area contributed by atoms with Gasteiger partial charge in [0.1, 0.15) is 5.82 Å². The van der Waals surface area contributed by atoms with Gasteiger partial charge in [0.25, 0.3) is 5.91 Å². The maximum absolute atomic E-state index is 13.6. The smallest absolute Gasteiger partial charge is 0.308 e. The third-order valence-electron chi connectivity index (χ3n) is 3.01. The lowest BCUT2D eigenvalue weighted by Gasteiger charge is -2.11. The number of nitrogens with one attached hydrogen (secondary N) is 2. The van der Waals surface area contributed by atoms with E-state index in [1.807, 2.05) is 11.4 Å². The largest absolute Gasteiger partial charge is 0.326 e. The van der Waals surface area contributed by atoms with Crippen molar-refractivity contribution in [3.05, 3.63) is 68.9 Å². The normalized spacial score (nSPS) is 10.8. The number of imide groups is 1. The van der Waals surface area contributed by atoms with Crippen molar-refractivity contribution in [3.63, 3.8) is 0 Å². The van der Waals surface area contributed by atoms with Crippen molar-refractivity contribution in [2.75, 3.05) is 11.1 Å². The number of benzene rings is 2. The average Bonchev–Trinajstić information content (AvgIpc) is 2.57.